The molecule has 0 aromatic heterocycles. The minimum absolute atomic E-state index is 0. The fourth-order valence-electron chi connectivity index (χ4n) is 3.67. The van der Waals surface area contributed by atoms with Gasteiger partial charge in [0.1, 0.15) is 6.04 Å². The van der Waals surface area contributed by atoms with Gasteiger partial charge in [0.15, 0.2) is 0 Å². The van der Waals surface area contributed by atoms with Crippen LogP contribution in [0.15, 0.2) is 30.3 Å². The van der Waals surface area contributed by atoms with Crippen molar-refractivity contribution < 1.29 is 9.59 Å². The molecule has 1 aliphatic carbocycles. The Morgan fingerprint density at radius 3 is 2.58 bits per heavy atom. The van der Waals surface area contributed by atoms with E-state index in [1.165, 1.54) is 25.7 Å². The minimum Gasteiger partial charge on any atom is -0.343 e. The molecule has 2 amide bonds. The van der Waals surface area contributed by atoms with Crippen molar-refractivity contribution in [2.45, 2.75) is 57.2 Å². The van der Waals surface area contributed by atoms with Gasteiger partial charge in [-0.2, -0.15) is 0 Å². The average molecular weight is 352 g/mol. The number of rotatable bonds is 4. The minimum atomic E-state index is -0.549. The maximum absolute atomic E-state index is 12.4. The first-order valence-corrected chi connectivity index (χ1v) is 8.56. The Kier molecular flexibility index (Phi) is 6.63. The van der Waals surface area contributed by atoms with Crippen LogP contribution in [0.5, 0.6) is 0 Å². The van der Waals surface area contributed by atoms with Crippen LogP contribution in [0, 0.1) is 5.92 Å². The Labute approximate surface area is 149 Å². The SMILES string of the molecule is CC(NC(=O)C1CC2CCCCC2N1)C(=O)Nc1ccccc1.Cl. The van der Waals surface area contributed by atoms with Crippen molar-refractivity contribution in [1.29, 1.82) is 0 Å². The second-order valence-corrected chi connectivity index (χ2v) is 6.69. The van der Waals surface area contributed by atoms with Crippen molar-refractivity contribution in [3.05, 3.63) is 30.3 Å². The molecule has 132 valence electrons. The van der Waals surface area contributed by atoms with Crippen LogP contribution in [0.2, 0.25) is 0 Å². The molecule has 3 rings (SSSR count). The monoisotopic (exact) mass is 351 g/mol. The van der Waals surface area contributed by atoms with Gasteiger partial charge in [-0.05, 0) is 44.2 Å². The van der Waals surface area contributed by atoms with E-state index in [4.69, 9.17) is 0 Å². The Hall–Kier alpha value is -1.59. The highest BCUT2D eigenvalue weighted by molar-refractivity contribution is 5.97. The molecule has 5 nitrogen and oxygen atoms in total. The maximum atomic E-state index is 12.4. The van der Waals surface area contributed by atoms with Crippen molar-refractivity contribution in [2.75, 3.05) is 5.32 Å². The van der Waals surface area contributed by atoms with Gasteiger partial charge < -0.3 is 16.0 Å². The van der Waals surface area contributed by atoms with Crippen LogP contribution in [0.25, 0.3) is 0 Å². The van der Waals surface area contributed by atoms with Crippen LogP contribution < -0.4 is 16.0 Å². The summed E-state index contributed by atoms with van der Waals surface area (Å²) in [7, 11) is 0. The van der Waals surface area contributed by atoms with Crippen LogP contribution in [0.3, 0.4) is 0 Å². The number of benzene rings is 1. The first-order valence-electron chi connectivity index (χ1n) is 8.56. The summed E-state index contributed by atoms with van der Waals surface area (Å²) in [5.74, 6) is 0.364. The predicted molar refractivity (Wildman–Crippen MR) is 97.2 cm³/mol. The van der Waals surface area contributed by atoms with Crippen LogP contribution >= 0.6 is 12.4 Å². The standard InChI is InChI=1S/C18H25N3O2.ClH/c1-12(17(22)20-14-8-3-2-4-9-14)19-18(23)16-11-13-7-5-6-10-15(13)21-16;/h2-4,8-9,12-13,15-16,21H,5-7,10-11H2,1H3,(H,19,23)(H,20,22);1H. The third-order valence-corrected chi connectivity index (χ3v) is 4.97. The van der Waals surface area contributed by atoms with Crippen molar-refractivity contribution in [3.63, 3.8) is 0 Å². The first kappa shape index (κ1) is 18.7. The fourth-order valence-corrected chi connectivity index (χ4v) is 3.67. The van der Waals surface area contributed by atoms with E-state index in [0.717, 1.165) is 12.1 Å². The van der Waals surface area contributed by atoms with E-state index in [1.807, 2.05) is 30.3 Å². The lowest BCUT2D eigenvalue weighted by molar-refractivity contribution is -0.127. The summed E-state index contributed by atoms with van der Waals surface area (Å²) in [6.07, 6.45) is 5.79. The fraction of sp³-hybridized carbons (Fsp3) is 0.556. The number of carbonyl (C=O) groups excluding carboxylic acids is 2. The highest BCUT2D eigenvalue weighted by Gasteiger charge is 2.38. The van der Waals surface area contributed by atoms with Crippen molar-refractivity contribution >= 4 is 29.9 Å². The second-order valence-electron chi connectivity index (χ2n) is 6.69. The topological polar surface area (TPSA) is 70.2 Å². The summed E-state index contributed by atoms with van der Waals surface area (Å²) in [5, 5.41) is 9.09. The molecule has 0 radical (unpaired) electrons. The number of hydrogen-bond donors (Lipinski definition) is 3. The van der Waals surface area contributed by atoms with Crippen LogP contribution in [-0.2, 0) is 9.59 Å². The molecule has 2 fully saturated rings. The number of hydrogen-bond acceptors (Lipinski definition) is 3. The number of carbonyl (C=O) groups is 2. The second kappa shape index (κ2) is 8.49. The van der Waals surface area contributed by atoms with E-state index in [9.17, 15) is 9.59 Å². The first-order chi connectivity index (χ1) is 11.1. The molecule has 1 saturated carbocycles. The Morgan fingerprint density at radius 1 is 1.17 bits per heavy atom. The summed E-state index contributed by atoms with van der Waals surface area (Å²) in [5.41, 5.74) is 0.739. The molecule has 2 aliphatic rings. The molecular formula is C18H26ClN3O2. The number of anilines is 1. The van der Waals surface area contributed by atoms with E-state index >= 15 is 0 Å². The van der Waals surface area contributed by atoms with E-state index in [0.29, 0.717) is 12.0 Å². The van der Waals surface area contributed by atoms with Gasteiger partial charge in [-0.3, -0.25) is 9.59 Å². The number of halogens is 1. The lowest BCUT2D eigenvalue weighted by atomic mass is 9.85. The van der Waals surface area contributed by atoms with E-state index in [2.05, 4.69) is 16.0 Å². The lowest BCUT2D eigenvalue weighted by Crippen LogP contribution is -2.49. The molecule has 4 atom stereocenters. The van der Waals surface area contributed by atoms with E-state index in [1.54, 1.807) is 6.92 Å². The molecule has 24 heavy (non-hydrogen) atoms. The third kappa shape index (κ3) is 4.48. The van der Waals surface area contributed by atoms with Crippen LogP contribution in [-0.4, -0.2) is 29.9 Å². The Bertz CT molecular complexity index is 553. The molecule has 3 N–H and O–H groups in total. The largest absolute Gasteiger partial charge is 0.343 e. The molecule has 1 heterocycles. The molecule has 0 spiro atoms. The summed E-state index contributed by atoms with van der Waals surface area (Å²) in [6, 6.07) is 9.05. The smallest absolute Gasteiger partial charge is 0.246 e. The molecule has 1 saturated heterocycles. The number of nitrogens with one attached hydrogen (secondary N) is 3. The number of fused-ring (bicyclic) bond motifs is 1. The average Bonchev–Trinajstić information content (AvgIpc) is 3.00. The third-order valence-electron chi connectivity index (χ3n) is 4.97. The van der Waals surface area contributed by atoms with Crippen LogP contribution in [0.4, 0.5) is 5.69 Å². The molecule has 1 aromatic rings. The van der Waals surface area contributed by atoms with Gasteiger partial charge in [0.2, 0.25) is 11.8 Å². The Morgan fingerprint density at radius 2 is 1.88 bits per heavy atom. The molecule has 1 aromatic carbocycles. The summed E-state index contributed by atoms with van der Waals surface area (Å²) in [6.45, 7) is 1.72. The highest BCUT2D eigenvalue weighted by Crippen LogP contribution is 2.33. The van der Waals surface area contributed by atoms with E-state index < -0.39 is 6.04 Å². The lowest BCUT2D eigenvalue weighted by Gasteiger charge is -2.24. The normalized spacial score (nSPS) is 26.6. The van der Waals surface area contributed by atoms with Crippen molar-refractivity contribution in [3.8, 4) is 0 Å². The van der Waals surface area contributed by atoms with Gasteiger partial charge >= 0.3 is 0 Å². The van der Waals surface area contributed by atoms with E-state index in [-0.39, 0.29) is 30.3 Å². The van der Waals surface area contributed by atoms with Gasteiger partial charge in [-0.1, -0.05) is 31.0 Å². The molecule has 6 heteroatoms. The van der Waals surface area contributed by atoms with Gasteiger partial charge in [0.05, 0.1) is 6.04 Å². The van der Waals surface area contributed by atoms with Crippen molar-refractivity contribution in [2.24, 2.45) is 5.92 Å². The summed E-state index contributed by atoms with van der Waals surface area (Å²) < 4.78 is 0. The summed E-state index contributed by atoms with van der Waals surface area (Å²) in [4.78, 5) is 24.6. The predicted octanol–water partition coefficient (Wildman–Crippen LogP) is 2.47. The zero-order chi connectivity index (χ0) is 16.2. The van der Waals surface area contributed by atoms with Gasteiger partial charge in [-0.15, -0.1) is 12.4 Å². The molecular weight excluding hydrogens is 326 g/mol. The van der Waals surface area contributed by atoms with Crippen LogP contribution in [0.1, 0.15) is 39.0 Å². The Balaban J connectivity index is 0.00000208. The maximum Gasteiger partial charge on any atom is 0.246 e. The van der Waals surface area contributed by atoms with Gasteiger partial charge in [0.25, 0.3) is 0 Å². The zero-order valence-corrected chi connectivity index (χ0v) is 14.8. The zero-order valence-electron chi connectivity index (χ0n) is 14.0. The quantitative estimate of drug-likeness (QED) is 0.780. The number of amides is 2. The van der Waals surface area contributed by atoms with Gasteiger partial charge in [0, 0.05) is 11.7 Å². The molecule has 1 aliphatic heterocycles. The summed E-state index contributed by atoms with van der Waals surface area (Å²) >= 11 is 0. The molecule has 4 unspecified atom stereocenters. The van der Waals surface area contributed by atoms with Crippen molar-refractivity contribution in [1.82, 2.24) is 10.6 Å². The van der Waals surface area contributed by atoms with Gasteiger partial charge in [-0.25, -0.2) is 0 Å². The number of para-hydroxylation sites is 1. The highest BCUT2D eigenvalue weighted by atomic mass is 35.5. The molecule has 0 bridgehead atoms.